The van der Waals surface area contributed by atoms with Crippen LogP contribution < -0.4 is 0 Å². The van der Waals surface area contributed by atoms with Gasteiger partial charge in [-0.05, 0) is 43.6 Å². The molecule has 1 aliphatic heterocycles. The van der Waals surface area contributed by atoms with Crippen molar-refractivity contribution in [1.29, 1.82) is 0 Å². The van der Waals surface area contributed by atoms with Crippen LogP contribution in [-0.4, -0.2) is 56.7 Å². The van der Waals surface area contributed by atoms with Crippen LogP contribution in [0, 0.1) is 11.3 Å². The summed E-state index contributed by atoms with van der Waals surface area (Å²) in [5.74, 6) is 0.526. The van der Waals surface area contributed by atoms with E-state index in [2.05, 4.69) is 32.6 Å². The van der Waals surface area contributed by atoms with Gasteiger partial charge in [-0.1, -0.05) is 27.7 Å². The van der Waals surface area contributed by atoms with Gasteiger partial charge in [0.2, 0.25) is 0 Å². The Hall–Kier alpha value is -0.160. The van der Waals surface area contributed by atoms with Crippen LogP contribution in [0.15, 0.2) is 0 Å². The first-order valence-electron chi connectivity index (χ1n) is 9.91. The maximum absolute atomic E-state index is 6.40. The topological polar surface area (TPSA) is 30.9 Å². The summed E-state index contributed by atoms with van der Waals surface area (Å²) in [6.45, 7) is 14.1. The quantitative estimate of drug-likeness (QED) is 0.665. The number of ether oxygens (including phenoxy) is 3. The molecule has 24 heavy (non-hydrogen) atoms. The van der Waals surface area contributed by atoms with Crippen LogP contribution in [0.3, 0.4) is 0 Å². The van der Waals surface area contributed by atoms with E-state index in [-0.39, 0.29) is 11.9 Å². The molecule has 1 saturated heterocycles. The van der Waals surface area contributed by atoms with Crippen LogP contribution in [0.5, 0.6) is 0 Å². The van der Waals surface area contributed by atoms with E-state index in [9.17, 15) is 0 Å². The lowest BCUT2D eigenvalue weighted by molar-refractivity contribution is -0.197. The molecule has 0 amide bonds. The molecule has 2 aliphatic rings. The van der Waals surface area contributed by atoms with Crippen LogP contribution in [0.2, 0.25) is 0 Å². The highest BCUT2D eigenvalue weighted by atomic mass is 16.7. The fraction of sp³-hybridized carbons (Fsp3) is 1.00. The first-order chi connectivity index (χ1) is 11.4. The Labute approximate surface area is 149 Å². The molecule has 1 unspecified atom stereocenters. The first kappa shape index (κ1) is 20.2. The van der Waals surface area contributed by atoms with Crippen molar-refractivity contribution in [2.75, 3.05) is 40.0 Å². The minimum atomic E-state index is -0.269. The third-order valence-corrected chi connectivity index (χ3v) is 5.80. The highest BCUT2D eigenvalue weighted by Crippen LogP contribution is 2.45. The van der Waals surface area contributed by atoms with Gasteiger partial charge in [-0.25, -0.2) is 0 Å². The summed E-state index contributed by atoms with van der Waals surface area (Å²) in [5.41, 5.74) is 0.404. The smallest absolute Gasteiger partial charge is 0.168 e. The zero-order chi connectivity index (χ0) is 17.6. The summed E-state index contributed by atoms with van der Waals surface area (Å²) < 4.78 is 17.8. The predicted octanol–water partition coefficient (Wildman–Crippen LogP) is 4.08. The van der Waals surface area contributed by atoms with E-state index in [1.807, 2.05) is 0 Å². The summed E-state index contributed by atoms with van der Waals surface area (Å²) in [5, 5.41) is 0. The highest BCUT2D eigenvalue weighted by Gasteiger charge is 2.45. The molecular weight excluding hydrogens is 302 g/mol. The maximum Gasteiger partial charge on any atom is 0.168 e. The zero-order valence-electron chi connectivity index (χ0n) is 16.6. The molecule has 0 aromatic rings. The highest BCUT2D eigenvalue weighted by molar-refractivity contribution is 4.88. The molecule has 0 N–H and O–H groups in total. The average Bonchev–Trinajstić information content (AvgIpc) is 2.92. The molecule has 142 valence electrons. The van der Waals surface area contributed by atoms with Gasteiger partial charge in [0.1, 0.15) is 0 Å². The van der Waals surface area contributed by atoms with Crippen molar-refractivity contribution in [3.8, 4) is 0 Å². The van der Waals surface area contributed by atoms with Gasteiger partial charge in [0, 0.05) is 33.0 Å². The number of rotatable bonds is 8. The molecule has 4 nitrogen and oxygen atoms in total. The Bertz CT molecular complexity index is 358. The standard InChI is InChI=1S/C20H39NO3/c1-6-12-21(14-15-22-5)13-9-18-16-23-20(24-18)10-7-17(8-11-20)19(2,3)4/h17-18H,6-16H2,1-5H3. The van der Waals surface area contributed by atoms with E-state index in [4.69, 9.17) is 14.2 Å². The lowest BCUT2D eigenvalue weighted by atomic mass is 9.71. The van der Waals surface area contributed by atoms with E-state index < -0.39 is 0 Å². The lowest BCUT2D eigenvalue weighted by Gasteiger charge is -2.41. The SMILES string of the molecule is CCCN(CCOC)CCC1COC2(CCC(C(C)(C)C)CC2)O1. The summed E-state index contributed by atoms with van der Waals surface area (Å²) in [6, 6.07) is 0. The molecule has 0 aromatic carbocycles. The second-order valence-electron chi connectivity index (χ2n) is 8.72. The number of hydrogen-bond acceptors (Lipinski definition) is 4. The van der Waals surface area contributed by atoms with E-state index in [0.717, 1.165) is 58.0 Å². The molecule has 1 heterocycles. The van der Waals surface area contributed by atoms with Crippen molar-refractivity contribution in [2.45, 2.75) is 78.1 Å². The van der Waals surface area contributed by atoms with Crippen LogP contribution in [0.4, 0.5) is 0 Å². The van der Waals surface area contributed by atoms with E-state index >= 15 is 0 Å². The summed E-state index contributed by atoms with van der Waals surface area (Å²) in [4.78, 5) is 2.48. The van der Waals surface area contributed by atoms with Crippen molar-refractivity contribution in [3.63, 3.8) is 0 Å². The van der Waals surface area contributed by atoms with Gasteiger partial charge in [0.25, 0.3) is 0 Å². The molecule has 4 heteroatoms. The number of methoxy groups -OCH3 is 1. The monoisotopic (exact) mass is 341 g/mol. The van der Waals surface area contributed by atoms with E-state index in [0.29, 0.717) is 5.41 Å². The third kappa shape index (κ3) is 5.69. The Morgan fingerprint density at radius 2 is 1.83 bits per heavy atom. The Morgan fingerprint density at radius 1 is 1.12 bits per heavy atom. The van der Waals surface area contributed by atoms with Crippen LogP contribution in [0.25, 0.3) is 0 Å². The van der Waals surface area contributed by atoms with Crippen LogP contribution >= 0.6 is 0 Å². The lowest BCUT2D eigenvalue weighted by Crippen LogP contribution is -2.39. The molecular formula is C20H39NO3. The molecule has 1 aliphatic carbocycles. The molecule has 0 aromatic heterocycles. The van der Waals surface area contributed by atoms with Crippen molar-refractivity contribution in [3.05, 3.63) is 0 Å². The summed E-state index contributed by atoms with van der Waals surface area (Å²) >= 11 is 0. The molecule has 2 rings (SSSR count). The fourth-order valence-electron chi connectivity index (χ4n) is 4.14. The van der Waals surface area contributed by atoms with E-state index in [1.54, 1.807) is 7.11 Å². The van der Waals surface area contributed by atoms with Crippen molar-refractivity contribution < 1.29 is 14.2 Å². The van der Waals surface area contributed by atoms with Gasteiger partial charge in [-0.3, -0.25) is 0 Å². The van der Waals surface area contributed by atoms with Gasteiger partial charge < -0.3 is 19.1 Å². The second kappa shape index (κ2) is 8.98. The average molecular weight is 342 g/mol. The Kier molecular flexibility index (Phi) is 7.54. The molecule has 0 radical (unpaired) electrons. The minimum Gasteiger partial charge on any atom is -0.383 e. The van der Waals surface area contributed by atoms with Crippen molar-refractivity contribution >= 4 is 0 Å². The molecule has 1 saturated carbocycles. The third-order valence-electron chi connectivity index (χ3n) is 5.80. The minimum absolute atomic E-state index is 0.262. The summed E-state index contributed by atoms with van der Waals surface area (Å²) in [7, 11) is 1.77. The first-order valence-corrected chi connectivity index (χ1v) is 9.91. The number of nitrogens with zero attached hydrogens (tertiary/aromatic N) is 1. The molecule has 1 atom stereocenters. The van der Waals surface area contributed by atoms with Gasteiger partial charge in [-0.2, -0.15) is 0 Å². The van der Waals surface area contributed by atoms with Gasteiger partial charge >= 0.3 is 0 Å². The summed E-state index contributed by atoms with van der Waals surface area (Å²) in [6.07, 6.45) is 7.09. The molecule has 1 spiro atoms. The van der Waals surface area contributed by atoms with Gasteiger partial charge in [0.05, 0.1) is 19.3 Å². The van der Waals surface area contributed by atoms with Gasteiger partial charge in [0.15, 0.2) is 5.79 Å². The largest absolute Gasteiger partial charge is 0.383 e. The Morgan fingerprint density at radius 3 is 2.42 bits per heavy atom. The maximum atomic E-state index is 6.40. The molecule has 0 bridgehead atoms. The Balaban J connectivity index is 1.75. The zero-order valence-corrected chi connectivity index (χ0v) is 16.6. The van der Waals surface area contributed by atoms with Crippen LogP contribution in [0.1, 0.15) is 66.2 Å². The van der Waals surface area contributed by atoms with Crippen molar-refractivity contribution in [2.24, 2.45) is 11.3 Å². The normalized spacial score (nSPS) is 31.2. The van der Waals surface area contributed by atoms with Crippen molar-refractivity contribution in [1.82, 2.24) is 4.90 Å². The fourth-order valence-corrected chi connectivity index (χ4v) is 4.14. The van der Waals surface area contributed by atoms with E-state index in [1.165, 1.54) is 19.3 Å². The predicted molar refractivity (Wildman–Crippen MR) is 98.2 cm³/mol. The van der Waals surface area contributed by atoms with Crippen LogP contribution in [-0.2, 0) is 14.2 Å². The second-order valence-corrected chi connectivity index (χ2v) is 8.72. The van der Waals surface area contributed by atoms with Gasteiger partial charge in [-0.15, -0.1) is 0 Å². The number of hydrogen-bond donors (Lipinski definition) is 0. The molecule has 2 fully saturated rings.